The normalized spacial score (nSPS) is 13.0. The lowest BCUT2D eigenvalue weighted by atomic mass is 9.92. The van der Waals surface area contributed by atoms with E-state index in [1.54, 1.807) is 7.11 Å². The van der Waals surface area contributed by atoms with Gasteiger partial charge in [-0.05, 0) is 72.7 Å². The number of methoxy groups -OCH3 is 1. The highest BCUT2D eigenvalue weighted by atomic mass is 35.5. The molecule has 0 atom stereocenters. The van der Waals surface area contributed by atoms with Gasteiger partial charge in [0.15, 0.2) is 0 Å². The Morgan fingerprint density at radius 2 is 1.64 bits per heavy atom. The second-order valence-corrected chi connectivity index (χ2v) is 8.12. The summed E-state index contributed by atoms with van der Waals surface area (Å²) in [6, 6.07) is 21.2. The fraction of sp³-hybridized carbons (Fsp3) is 0.208. The van der Waals surface area contributed by atoms with E-state index in [2.05, 4.69) is 48.5 Å². The molecule has 0 amide bonds. The summed E-state index contributed by atoms with van der Waals surface area (Å²) in [6.45, 7) is 0. The zero-order valence-corrected chi connectivity index (χ0v) is 17.4. The highest BCUT2D eigenvalue weighted by molar-refractivity contribution is 7.19. The Labute approximate surface area is 175 Å². The quantitative estimate of drug-likeness (QED) is 0.367. The van der Waals surface area contributed by atoms with Crippen LogP contribution in [0.4, 0.5) is 0 Å². The molecule has 4 aromatic rings. The van der Waals surface area contributed by atoms with E-state index >= 15 is 0 Å². The number of hydrogen-bond donors (Lipinski definition) is 0. The first-order valence-electron chi connectivity index (χ1n) is 9.48. The summed E-state index contributed by atoms with van der Waals surface area (Å²) < 4.78 is 5.31. The van der Waals surface area contributed by atoms with Gasteiger partial charge in [-0.25, -0.2) is 4.98 Å². The van der Waals surface area contributed by atoms with Gasteiger partial charge in [0.25, 0.3) is 0 Å². The third kappa shape index (κ3) is 3.30. The van der Waals surface area contributed by atoms with E-state index in [0.29, 0.717) is 0 Å². The van der Waals surface area contributed by atoms with E-state index < -0.39 is 0 Å². The Morgan fingerprint density at radius 1 is 0.893 bits per heavy atom. The van der Waals surface area contributed by atoms with Crippen LogP contribution in [-0.2, 0) is 12.8 Å². The van der Waals surface area contributed by atoms with Crippen LogP contribution in [0.25, 0.3) is 32.6 Å². The third-order valence-corrected chi connectivity index (χ3v) is 6.58. The molecule has 2 aromatic carbocycles. The maximum atomic E-state index is 5.31. The fourth-order valence-corrected chi connectivity index (χ4v) is 5.30. The smallest absolute Gasteiger partial charge is 0.125 e. The number of thiophene rings is 1. The molecule has 0 spiro atoms. The lowest BCUT2D eigenvalue weighted by Gasteiger charge is -2.13. The van der Waals surface area contributed by atoms with E-state index in [1.165, 1.54) is 57.5 Å². The number of halogens is 1. The van der Waals surface area contributed by atoms with Crippen molar-refractivity contribution in [3.63, 3.8) is 0 Å². The SMILES string of the molecule is COc1ccc(-c2cc(-c3ccccc3)c3c4c(sc3n2)CCCC4)cc1.Cl. The molecule has 0 unspecified atom stereocenters. The lowest BCUT2D eigenvalue weighted by molar-refractivity contribution is 0.415. The standard InChI is InChI=1S/C24H21NOS.ClH/c1-26-18-13-11-17(12-14-18)21-15-20(16-7-3-2-4-8-16)23-19-9-5-6-10-22(19)27-24(23)25-21;/h2-4,7-8,11-15H,5-6,9-10H2,1H3;1H. The molecule has 0 saturated heterocycles. The zero-order chi connectivity index (χ0) is 18.2. The van der Waals surface area contributed by atoms with Crippen LogP contribution in [-0.4, -0.2) is 12.1 Å². The monoisotopic (exact) mass is 407 g/mol. The molecule has 0 fully saturated rings. The van der Waals surface area contributed by atoms with Gasteiger partial charge in [-0.2, -0.15) is 0 Å². The molecule has 1 aliphatic carbocycles. The minimum absolute atomic E-state index is 0. The highest BCUT2D eigenvalue weighted by Gasteiger charge is 2.21. The average molecular weight is 408 g/mol. The topological polar surface area (TPSA) is 22.1 Å². The predicted molar refractivity (Wildman–Crippen MR) is 121 cm³/mol. The van der Waals surface area contributed by atoms with Crippen LogP contribution >= 0.6 is 23.7 Å². The van der Waals surface area contributed by atoms with Gasteiger partial charge >= 0.3 is 0 Å². The summed E-state index contributed by atoms with van der Waals surface area (Å²) in [5.74, 6) is 0.870. The van der Waals surface area contributed by atoms with Gasteiger partial charge in [-0.3, -0.25) is 0 Å². The van der Waals surface area contributed by atoms with Crippen LogP contribution in [0.15, 0.2) is 60.7 Å². The Morgan fingerprint density at radius 3 is 2.39 bits per heavy atom. The molecule has 4 heteroatoms. The Kier molecular flexibility index (Phi) is 5.38. The molecule has 0 aliphatic heterocycles. The molecule has 1 aliphatic rings. The number of aryl methyl sites for hydroxylation is 2. The van der Waals surface area contributed by atoms with Crippen molar-refractivity contribution in [3.05, 3.63) is 71.1 Å². The first kappa shape index (κ1) is 19.0. The number of fused-ring (bicyclic) bond motifs is 3. The Balaban J connectivity index is 0.00000192. The number of pyridine rings is 1. The van der Waals surface area contributed by atoms with Gasteiger partial charge in [0.2, 0.25) is 0 Å². The molecule has 28 heavy (non-hydrogen) atoms. The molecule has 0 radical (unpaired) electrons. The van der Waals surface area contributed by atoms with Crippen molar-refractivity contribution in [2.75, 3.05) is 7.11 Å². The number of benzene rings is 2. The van der Waals surface area contributed by atoms with Crippen molar-refractivity contribution in [1.29, 1.82) is 0 Å². The van der Waals surface area contributed by atoms with E-state index in [1.807, 2.05) is 23.5 Å². The van der Waals surface area contributed by atoms with Crippen LogP contribution in [0.1, 0.15) is 23.3 Å². The molecule has 0 bridgehead atoms. The maximum absolute atomic E-state index is 5.31. The van der Waals surface area contributed by atoms with Gasteiger partial charge in [0.05, 0.1) is 12.8 Å². The van der Waals surface area contributed by atoms with Crippen molar-refractivity contribution in [2.24, 2.45) is 0 Å². The van der Waals surface area contributed by atoms with Gasteiger partial charge in [-0.15, -0.1) is 23.7 Å². The summed E-state index contributed by atoms with van der Waals surface area (Å²) in [6.07, 6.45) is 4.96. The molecule has 2 aromatic heterocycles. The van der Waals surface area contributed by atoms with Crippen LogP contribution in [0.5, 0.6) is 5.75 Å². The van der Waals surface area contributed by atoms with Crippen molar-refractivity contribution in [1.82, 2.24) is 4.98 Å². The van der Waals surface area contributed by atoms with Gasteiger partial charge < -0.3 is 4.74 Å². The maximum Gasteiger partial charge on any atom is 0.125 e. The summed E-state index contributed by atoms with van der Waals surface area (Å²) in [4.78, 5) is 7.78. The van der Waals surface area contributed by atoms with E-state index in [-0.39, 0.29) is 12.4 Å². The molecule has 142 valence electrons. The van der Waals surface area contributed by atoms with E-state index in [9.17, 15) is 0 Å². The van der Waals surface area contributed by atoms with Crippen LogP contribution in [0.3, 0.4) is 0 Å². The van der Waals surface area contributed by atoms with Gasteiger partial charge in [-0.1, -0.05) is 30.3 Å². The predicted octanol–water partition coefficient (Wildman–Crippen LogP) is 6.94. The Hall–Kier alpha value is -2.36. The number of rotatable bonds is 3. The van der Waals surface area contributed by atoms with Gasteiger partial charge in [0, 0.05) is 15.8 Å². The summed E-state index contributed by atoms with van der Waals surface area (Å²) in [7, 11) is 1.70. The first-order chi connectivity index (χ1) is 13.3. The first-order valence-corrected chi connectivity index (χ1v) is 10.3. The third-order valence-electron chi connectivity index (χ3n) is 5.40. The van der Waals surface area contributed by atoms with Crippen molar-refractivity contribution in [2.45, 2.75) is 25.7 Å². The number of nitrogens with zero attached hydrogens (tertiary/aromatic N) is 1. The number of hydrogen-bond acceptors (Lipinski definition) is 3. The lowest BCUT2D eigenvalue weighted by Crippen LogP contribution is -1.98. The van der Waals surface area contributed by atoms with Gasteiger partial charge in [0.1, 0.15) is 10.6 Å². The second kappa shape index (κ2) is 7.94. The molecule has 0 saturated carbocycles. The van der Waals surface area contributed by atoms with E-state index in [0.717, 1.165) is 17.0 Å². The molecule has 5 rings (SSSR count). The highest BCUT2D eigenvalue weighted by Crippen LogP contribution is 2.42. The van der Waals surface area contributed by atoms with E-state index in [4.69, 9.17) is 9.72 Å². The largest absolute Gasteiger partial charge is 0.497 e. The zero-order valence-electron chi connectivity index (χ0n) is 15.8. The molecule has 2 heterocycles. The van der Waals surface area contributed by atoms with Crippen molar-refractivity contribution >= 4 is 34.0 Å². The fourth-order valence-electron chi connectivity index (χ4n) is 4.01. The molecule has 0 N–H and O–H groups in total. The molecular weight excluding hydrogens is 386 g/mol. The van der Waals surface area contributed by atoms with Crippen LogP contribution in [0.2, 0.25) is 0 Å². The number of ether oxygens (including phenoxy) is 1. The van der Waals surface area contributed by atoms with Crippen molar-refractivity contribution in [3.8, 4) is 28.1 Å². The second-order valence-electron chi connectivity index (χ2n) is 7.04. The Bertz CT molecular complexity index is 1100. The van der Waals surface area contributed by atoms with Crippen molar-refractivity contribution < 1.29 is 4.74 Å². The summed E-state index contributed by atoms with van der Waals surface area (Å²) in [5, 5.41) is 1.37. The number of aromatic nitrogens is 1. The average Bonchev–Trinajstić information content (AvgIpc) is 3.12. The molecular formula is C24H22ClNOS. The minimum atomic E-state index is 0. The van der Waals surface area contributed by atoms with Crippen LogP contribution < -0.4 is 4.74 Å². The molecule has 2 nitrogen and oxygen atoms in total. The van der Waals surface area contributed by atoms with Crippen LogP contribution in [0, 0.1) is 0 Å². The minimum Gasteiger partial charge on any atom is -0.497 e. The summed E-state index contributed by atoms with van der Waals surface area (Å²) >= 11 is 1.89. The summed E-state index contributed by atoms with van der Waals surface area (Å²) in [5.41, 5.74) is 6.27.